The van der Waals surface area contributed by atoms with Gasteiger partial charge >= 0.3 is 0 Å². The van der Waals surface area contributed by atoms with Crippen molar-refractivity contribution in [1.82, 2.24) is 0 Å². The van der Waals surface area contributed by atoms with Gasteiger partial charge in [-0.25, -0.2) is 0 Å². The Morgan fingerprint density at radius 3 is 2.08 bits per heavy atom. The quantitative estimate of drug-likeness (QED) is 0.494. The monoisotopic (exact) mass is 178 g/mol. The first-order valence-electron chi connectivity index (χ1n) is 3.86. The van der Waals surface area contributed by atoms with E-state index in [1.807, 2.05) is 0 Å². The van der Waals surface area contributed by atoms with E-state index < -0.39 is 0 Å². The molecule has 0 aromatic carbocycles. The Morgan fingerprint density at radius 1 is 1.42 bits per heavy atom. The summed E-state index contributed by atoms with van der Waals surface area (Å²) in [5.74, 6) is 0. The van der Waals surface area contributed by atoms with Gasteiger partial charge in [-0.15, -0.1) is 0 Å². The first kappa shape index (κ1) is 14.1. The predicted octanol–water partition coefficient (Wildman–Crippen LogP) is 0.583. The van der Waals surface area contributed by atoms with E-state index in [9.17, 15) is 4.79 Å². The zero-order chi connectivity index (χ0) is 9.82. The van der Waals surface area contributed by atoms with Gasteiger partial charge in [-0.2, -0.15) is 0 Å². The second-order valence-corrected chi connectivity index (χ2v) is 1.96. The second-order valence-electron chi connectivity index (χ2n) is 1.96. The molecule has 0 saturated heterocycles. The van der Waals surface area contributed by atoms with Crippen LogP contribution in [0.4, 0.5) is 0 Å². The van der Waals surface area contributed by atoms with E-state index in [1.54, 1.807) is 21.1 Å². The molecular formula is C8H18O4. The van der Waals surface area contributed by atoms with E-state index >= 15 is 0 Å². The van der Waals surface area contributed by atoms with Gasteiger partial charge in [0.05, 0.1) is 0 Å². The van der Waals surface area contributed by atoms with Crippen molar-refractivity contribution in [2.45, 2.75) is 26.1 Å². The molecule has 0 spiro atoms. The number of rotatable bonds is 5. The van der Waals surface area contributed by atoms with E-state index in [-0.39, 0.29) is 12.9 Å². The number of methoxy groups -OCH3 is 2. The first-order valence-corrected chi connectivity index (χ1v) is 3.86. The van der Waals surface area contributed by atoms with Crippen molar-refractivity contribution in [3.05, 3.63) is 0 Å². The Kier molecular flexibility index (Phi) is 15.5. The molecule has 0 atom stereocenters. The third-order valence-electron chi connectivity index (χ3n) is 1.05. The van der Waals surface area contributed by atoms with Gasteiger partial charge in [-0.3, -0.25) is 0 Å². The van der Waals surface area contributed by atoms with Crippen molar-refractivity contribution in [1.29, 1.82) is 0 Å². The molecule has 4 heteroatoms. The van der Waals surface area contributed by atoms with Crippen LogP contribution in [-0.4, -0.2) is 38.5 Å². The van der Waals surface area contributed by atoms with Crippen LogP contribution in [0.3, 0.4) is 0 Å². The number of ether oxygens (including phenoxy) is 2. The van der Waals surface area contributed by atoms with Crippen LogP contribution in [0.2, 0.25) is 0 Å². The lowest BCUT2D eigenvalue weighted by Gasteiger charge is -2.09. The highest BCUT2D eigenvalue weighted by Crippen LogP contribution is 1.98. The van der Waals surface area contributed by atoms with Gasteiger partial charge in [-0.05, 0) is 6.92 Å². The smallest absolute Gasteiger partial charge is 0.157 e. The maximum Gasteiger partial charge on any atom is 0.157 e. The number of carbonyl (C=O) groups excluding carboxylic acids is 1. The summed E-state index contributed by atoms with van der Waals surface area (Å²) in [4.78, 5) is 9.83. The fourth-order valence-electron chi connectivity index (χ4n) is 0.536. The number of aldehydes is 1. The van der Waals surface area contributed by atoms with E-state index in [4.69, 9.17) is 14.6 Å². The summed E-state index contributed by atoms with van der Waals surface area (Å²) in [6, 6.07) is 0. The summed E-state index contributed by atoms with van der Waals surface area (Å²) in [5.41, 5.74) is 0. The Balaban J connectivity index is 0. The van der Waals surface area contributed by atoms with Gasteiger partial charge in [0, 0.05) is 33.7 Å². The second kappa shape index (κ2) is 13.2. The normalized spacial score (nSPS) is 9.08. The van der Waals surface area contributed by atoms with Crippen molar-refractivity contribution in [3.8, 4) is 0 Å². The molecule has 74 valence electrons. The molecule has 0 bridgehead atoms. The summed E-state index contributed by atoms with van der Waals surface area (Å²) < 4.78 is 9.64. The van der Waals surface area contributed by atoms with E-state index in [1.165, 1.54) is 0 Å². The lowest BCUT2D eigenvalue weighted by molar-refractivity contribution is -0.118. The third kappa shape index (κ3) is 12.2. The molecule has 0 aromatic heterocycles. The molecule has 0 amide bonds. The Morgan fingerprint density at radius 2 is 1.83 bits per heavy atom. The average molecular weight is 178 g/mol. The van der Waals surface area contributed by atoms with Gasteiger partial charge in [0.25, 0.3) is 0 Å². The Hall–Kier alpha value is -0.450. The number of carbonyl (C=O) groups is 1. The maximum atomic E-state index is 9.83. The molecule has 0 fully saturated rings. The molecule has 0 rings (SSSR count). The summed E-state index contributed by atoms with van der Waals surface area (Å²) in [6.07, 6.45) is 1.75. The fraction of sp³-hybridized carbons (Fsp3) is 0.875. The van der Waals surface area contributed by atoms with E-state index in [0.29, 0.717) is 12.8 Å². The number of aliphatic hydroxyl groups excluding tert-OH is 1. The fourth-order valence-corrected chi connectivity index (χ4v) is 0.536. The molecule has 0 heterocycles. The SMILES string of the molecule is CCO.COC(CCC=O)OC. The van der Waals surface area contributed by atoms with Gasteiger partial charge in [0.15, 0.2) is 6.29 Å². The van der Waals surface area contributed by atoms with Crippen LogP contribution in [0, 0.1) is 0 Å². The molecule has 0 aliphatic rings. The number of aliphatic hydroxyl groups is 1. The minimum atomic E-state index is -0.227. The van der Waals surface area contributed by atoms with E-state index in [0.717, 1.165) is 6.29 Å². The maximum absolute atomic E-state index is 9.83. The zero-order valence-electron chi connectivity index (χ0n) is 7.95. The van der Waals surface area contributed by atoms with Crippen LogP contribution in [0.1, 0.15) is 19.8 Å². The molecule has 0 saturated carbocycles. The van der Waals surface area contributed by atoms with Crippen LogP contribution in [-0.2, 0) is 14.3 Å². The minimum Gasteiger partial charge on any atom is -0.397 e. The van der Waals surface area contributed by atoms with Crippen molar-refractivity contribution in [3.63, 3.8) is 0 Å². The highest BCUT2D eigenvalue weighted by Gasteiger charge is 2.01. The van der Waals surface area contributed by atoms with Crippen LogP contribution in [0.25, 0.3) is 0 Å². The lowest BCUT2D eigenvalue weighted by Crippen LogP contribution is -2.12. The van der Waals surface area contributed by atoms with Crippen LogP contribution in [0.15, 0.2) is 0 Å². The molecule has 0 aliphatic carbocycles. The van der Waals surface area contributed by atoms with Crippen LogP contribution < -0.4 is 0 Å². The Labute approximate surface area is 73.5 Å². The van der Waals surface area contributed by atoms with E-state index in [2.05, 4.69) is 0 Å². The molecule has 4 nitrogen and oxygen atoms in total. The topological polar surface area (TPSA) is 55.8 Å². The summed E-state index contributed by atoms with van der Waals surface area (Å²) in [6.45, 7) is 1.93. The molecular weight excluding hydrogens is 160 g/mol. The molecule has 0 aliphatic heterocycles. The lowest BCUT2D eigenvalue weighted by atomic mass is 10.3. The standard InChI is InChI=1S/C6H12O3.C2H6O/c1-8-6(9-2)4-3-5-7;1-2-3/h5-6H,3-4H2,1-2H3;3H,2H2,1H3. The molecule has 0 aromatic rings. The van der Waals surface area contributed by atoms with Crippen molar-refractivity contribution in [2.75, 3.05) is 20.8 Å². The first-order chi connectivity index (χ1) is 5.76. The van der Waals surface area contributed by atoms with Gasteiger partial charge in [-0.1, -0.05) is 0 Å². The average Bonchev–Trinajstić information content (AvgIpc) is 2.08. The molecule has 0 radical (unpaired) electrons. The Bertz CT molecular complexity index is 81.1. The molecule has 1 N–H and O–H groups in total. The number of hydrogen-bond acceptors (Lipinski definition) is 4. The van der Waals surface area contributed by atoms with Crippen LogP contribution in [0.5, 0.6) is 0 Å². The predicted molar refractivity (Wildman–Crippen MR) is 45.9 cm³/mol. The number of hydrogen-bond donors (Lipinski definition) is 1. The van der Waals surface area contributed by atoms with Crippen molar-refractivity contribution < 1.29 is 19.4 Å². The highest BCUT2D eigenvalue weighted by molar-refractivity contribution is 5.49. The van der Waals surface area contributed by atoms with Crippen molar-refractivity contribution >= 4 is 6.29 Å². The largest absolute Gasteiger partial charge is 0.397 e. The van der Waals surface area contributed by atoms with Gasteiger partial charge < -0.3 is 19.4 Å². The summed E-state index contributed by atoms with van der Waals surface area (Å²) >= 11 is 0. The summed E-state index contributed by atoms with van der Waals surface area (Å²) in [5, 5.41) is 7.57. The zero-order valence-corrected chi connectivity index (χ0v) is 7.95. The van der Waals surface area contributed by atoms with Crippen molar-refractivity contribution in [2.24, 2.45) is 0 Å². The highest BCUT2D eigenvalue weighted by atomic mass is 16.7. The summed E-state index contributed by atoms with van der Waals surface area (Å²) in [7, 11) is 3.11. The third-order valence-corrected chi connectivity index (χ3v) is 1.05. The van der Waals surface area contributed by atoms with Crippen LogP contribution >= 0.6 is 0 Å². The molecule has 12 heavy (non-hydrogen) atoms. The minimum absolute atomic E-state index is 0.227. The van der Waals surface area contributed by atoms with Gasteiger partial charge in [0.2, 0.25) is 0 Å². The molecule has 0 unspecified atom stereocenters. The van der Waals surface area contributed by atoms with Gasteiger partial charge in [0.1, 0.15) is 6.29 Å².